The number of carbonyl (C=O) groups is 1. The lowest BCUT2D eigenvalue weighted by Gasteiger charge is -2.30. The van der Waals surface area contributed by atoms with Gasteiger partial charge in [0.1, 0.15) is 0 Å². The molecule has 0 radical (unpaired) electrons. The fraction of sp³-hybridized carbons (Fsp3) is 0.536. The van der Waals surface area contributed by atoms with Gasteiger partial charge in [0.15, 0.2) is 0 Å². The fourth-order valence-electron chi connectivity index (χ4n) is 5.64. The third-order valence-electron chi connectivity index (χ3n) is 7.62. The van der Waals surface area contributed by atoms with Gasteiger partial charge >= 0.3 is 0 Å². The van der Waals surface area contributed by atoms with Crippen LogP contribution in [0.5, 0.6) is 0 Å². The molecule has 2 aromatic carbocycles. The van der Waals surface area contributed by atoms with E-state index in [2.05, 4.69) is 38.2 Å². The van der Waals surface area contributed by atoms with E-state index in [0.29, 0.717) is 0 Å². The summed E-state index contributed by atoms with van der Waals surface area (Å²) in [6, 6.07) is 14.3. The summed E-state index contributed by atoms with van der Waals surface area (Å²) in [6.45, 7) is 7.91. The molecule has 0 saturated carbocycles. The van der Waals surface area contributed by atoms with Crippen molar-refractivity contribution in [1.29, 1.82) is 0 Å². The maximum atomic E-state index is 13.4. The number of halogens is 2. The van der Waals surface area contributed by atoms with Crippen molar-refractivity contribution < 1.29 is 9.53 Å². The summed E-state index contributed by atoms with van der Waals surface area (Å²) < 4.78 is 5.48. The van der Waals surface area contributed by atoms with Crippen molar-refractivity contribution in [3.8, 4) is 0 Å². The van der Waals surface area contributed by atoms with E-state index in [9.17, 15) is 4.79 Å². The van der Waals surface area contributed by atoms with Gasteiger partial charge in [-0.05, 0) is 80.7 Å². The molecule has 36 heavy (non-hydrogen) atoms. The van der Waals surface area contributed by atoms with Crippen molar-refractivity contribution in [3.05, 3.63) is 58.1 Å². The molecule has 0 aliphatic carbocycles. The van der Waals surface area contributed by atoms with Crippen molar-refractivity contribution in [3.63, 3.8) is 0 Å². The van der Waals surface area contributed by atoms with E-state index in [-0.39, 0.29) is 17.9 Å². The normalized spacial score (nSPS) is 21.7. The first-order valence-electron chi connectivity index (χ1n) is 13.2. The molecule has 0 bridgehead atoms. The molecule has 1 N–H and O–H groups in total. The van der Waals surface area contributed by atoms with Crippen LogP contribution in [0.25, 0.3) is 0 Å². The molecule has 1 amide bonds. The number of amides is 1. The van der Waals surface area contributed by atoms with Gasteiger partial charge in [-0.15, -0.1) is 0 Å². The highest BCUT2D eigenvalue weighted by Crippen LogP contribution is 2.29. The van der Waals surface area contributed by atoms with Crippen molar-refractivity contribution in [2.45, 2.75) is 31.7 Å². The van der Waals surface area contributed by atoms with Crippen LogP contribution in [-0.4, -0.2) is 75.9 Å². The molecule has 0 spiro atoms. The third-order valence-corrected chi connectivity index (χ3v) is 8.18. The average molecular weight is 532 g/mol. The molecule has 5 rings (SSSR count). The Morgan fingerprint density at radius 2 is 1.72 bits per heavy atom. The number of hydrogen-bond donors (Lipinski definition) is 1. The van der Waals surface area contributed by atoms with Crippen LogP contribution in [0.15, 0.2) is 42.5 Å². The molecular weight excluding hydrogens is 495 g/mol. The number of rotatable bonds is 8. The number of carbonyl (C=O) groups excluding carboxylic acids is 1. The first-order chi connectivity index (χ1) is 17.5. The van der Waals surface area contributed by atoms with Crippen LogP contribution in [0.4, 0.5) is 11.4 Å². The quantitative estimate of drug-likeness (QED) is 0.545. The number of nitrogens with zero attached hydrogens (tertiary/aromatic N) is 3. The first kappa shape index (κ1) is 25.7. The van der Waals surface area contributed by atoms with Crippen molar-refractivity contribution in [2.24, 2.45) is 5.92 Å². The highest BCUT2D eigenvalue weighted by atomic mass is 35.5. The lowest BCUT2D eigenvalue weighted by molar-refractivity contribution is -0.125. The summed E-state index contributed by atoms with van der Waals surface area (Å²) in [5.74, 6) is 0.153. The van der Waals surface area contributed by atoms with E-state index in [0.717, 1.165) is 98.9 Å². The van der Waals surface area contributed by atoms with Crippen LogP contribution in [-0.2, 0) is 16.0 Å². The van der Waals surface area contributed by atoms with Crippen LogP contribution in [0.1, 0.15) is 24.8 Å². The summed E-state index contributed by atoms with van der Waals surface area (Å²) in [4.78, 5) is 20.4. The number of nitrogens with one attached hydrogen (secondary N) is 1. The van der Waals surface area contributed by atoms with E-state index < -0.39 is 0 Å². The standard InChI is InChI=1S/C28H36Cl2N4O2/c29-23-4-6-25(7-5-23)34-12-9-22(19-34)28(35)31-24(20-32-10-1-2-11-32)17-21-3-8-27(26(30)18-21)33-13-15-36-16-14-33/h3-8,18,22,24H,1-2,9-17,19-20H2,(H,31,35). The molecule has 2 atom stereocenters. The summed E-state index contributed by atoms with van der Waals surface area (Å²) in [5.41, 5.74) is 3.35. The largest absolute Gasteiger partial charge is 0.378 e. The molecule has 194 valence electrons. The molecular formula is C28H36Cl2N4O2. The first-order valence-corrected chi connectivity index (χ1v) is 13.9. The Hall–Kier alpha value is -1.99. The van der Waals surface area contributed by atoms with Gasteiger partial charge in [-0.2, -0.15) is 0 Å². The number of benzene rings is 2. The van der Waals surface area contributed by atoms with Gasteiger partial charge in [-0.3, -0.25) is 4.79 Å². The fourth-order valence-corrected chi connectivity index (χ4v) is 6.09. The Labute approximate surface area is 224 Å². The summed E-state index contributed by atoms with van der Waals surface area (Å²) in [6.07, 6.45) is 4.11. The van der Waals surface area contributed by atoms with E-state index in [1.54, 1.807) is 0 Å². The molecule has 3 fully saturated rings. The van der Waals surface area contributed by atoms with Gasteiger partial charge in [-0.1, -0.05) is 29.3 Å². The van der Waals surface area contributed by atoms with Crippen molar-refractivity contribution in [2.75, 3.05) is 68.8 Å². The van der Waals surface area contributed by atoms with Crippen LogP contribution in [0.3, 0.4) is 0 Å². The maximum absolute atomic E-state index is 13.4. The minimum Gasteiger partial charge on any atom is -0.378 e. The third kappa shape index (κ3) is 6.46. The number of ether oxygens (including phenoxy) is 1. The SMILES string of the molecule is O=C(NC(Cc1ccc(N2CCOCC2)c(Cl)c1)CN1CCCC1)C1CCN(c2ccc(Cl)cc2)C1. The number of anilines is 2. The number of likely N-dealkylation sites (tertiary alicyclic amines) is 1. The molecule has 3 aliphatic rings. The zero-order chi connectivity index (χ0) is 24.9. The Kier molecular flexibility index (Phi) is 8.58. The lowest BCUT2D eigenvalue weighted by Crippen LogP contribution is -2.46. The highest BCUT2D eigenvalue weighted by molar-refractivity contribution is 6.33. The van der Waals surface area contributed by atoms with Crippen molar-refractivity contribution in [1.82, 2.24) is 10.2 Å². The summed E-state index contributed by atoms with van der Waals surface area (Å²) >= 11 is 12.8. The molecule has 8 heteroatoms. The minimum absolute atomic E-state index is 0.00552. The molecule has 0 aromatic heterocycles. The van der Waals surface area contributed by atoms with Crippen LogP contribution >= 0.6 is 23.2 Å². The Balaban J connectivity index is 1.23. The minimum atomic E-state index is -0.00552. The van der Waals surface area contributed by atoms with Crippen LogP contribution in [0.2, 0.25) is 10.0 Å². The number of hydrogen-bond acceptors (Lipinski definition) is 5. The molecule has 2 aromatic rings. The molecule has 6 nitrogen and oxygen atoms in total. The topological polar surface area (TPSA) is 48.1 Å². The zero-order valence-electron chi connectivity index (χ0n) is 20.8. The summed E-state index contributed by atoms with van der Waals surface area (Å²) in [5, 5.41) is 4.92. The van der Waals surface area contributed by atoms with E-state index in [4.69, 9.17) is 27.9 Å². The monoisotopic (exact) mass is 530 g/mol. The van der Waals surface area contributed by atoms with Crippen LogP contribution < -0.4 is 15.1 Å². The Morgan fingerprint density at radius 3 is 2.44 bits per heavy atom. The lowest BCUT2D eigenvalue weighted by atomic mass is 10.0. The number of morpholine rings is 1. The Morgan fingerprint density at radius 1 is 0.972 bits per heavy atom. The second-order valence-electron chi connectivity index (χ2n) is 10.2. The van der Waals surface area contributed by atoms with Crippen LogP contribution in [0, 0.1) is 5.92 Å². The van der Waals surface area contributed by atoms with Gasteiger partial charge in [0.2, 0.25) is 5.91 Å². The van der Waals surface area contributed by atoms with Gasteiger partial charge in [0.05, 0.1) is 29.8 Å². The predicted octanol–water partition coefficient (Wildman–Crippen LogP) is 4.48. The van der Waals surface area contributed by atoms with E-state index >= 15 is 0 Å². The van der Waals surface area contributed by atoms with E-state index in [1.165, 1.54) is 12.8 Å². The predicted molar refractivity (Wildman–Crippen MR) is 148 cm³/mol. The second-order valence-corrected chi connectivity index (χ2v) is 11.1. The molecule has 3 saturated heterocycles. The maximum Gasteiger partial charge on any atom is 0.225 e. The Bertz CT molecular complexity index is 1020. The van der Waals surface area contributed by atoms with Crippen molar-refractivity contribution >= 4 is 40.5 Å². The smallest absolute Gasteiger partial charge is 0.225 e. The zero-order valence-corrected chi connectivity index (χ0v) is 22.3. The van der Waals surface area contributed by atoms with E-state index in [1.807, 2.05) is 24.3 Å². The molecule has 2 unspecified atom stereocenters. The average Bonchev–Trinajstić information content (AvgIpc) is 3.58. The van der Waals surface area contributed by atoms with Gasteiger partial charge in [-0.25, -0.2) is 0 Å². The van der Waals surface area contributed by atoms with Gasteiger partial charge < -0.3 is 24.8 Å². The van der Waals surface area contributed by atoms with Gasteiger partial charge in [0.25, 0.3) is 0 Å². The molecule has 3 aliphatic heterocycles. The van der Waals surface area contributed by atoms with Gasteiger partial charge in [0, 0.05) is 49.5 Å². The second kappa shape index (κ2) is 12.0. The highest BCUT2D eigenvalue weighted by Gasteiger charge is 2.30. The summed E-state index contributed by atoms with van der Waals surface area (Å²) in [7, 11) is 0. The molecule has 3 heterocycles.